The van der Waals surface area contributed by atoms with Crippen molar-refractivity contribution in [3.63, 3.8) is 0 Å². The fourth-order valence-corrected chi connectivity index (χ4v) is 2.76. The molecule has 6 heteroatoms. The second kappa shape index (κ2) is 8.99. The van der Waals surface area contributed by atoms with Crippen LogP contribution in [0.2, 0.25) is 0 Å². The third-order valence-electron chi connectivity index (χ3n) is 4.10. The second-order valence-electron chi connectivity index (χ2n) is 7.09. The number of benzene rings is 2. The fourth-order valence-electron chi connectivity index (χ4n) is 2.76. The van der Waals surface area contributed by atoms with E-state index >= 15 is 0 Å². The van der Waals surface area contributed by atoms with Gasteiger partial charge in [0.05, 0.1) is 18.3 Å². The van der Waals surface area contributed by atoms with Crippen LogP contribution in [0.3, 0.4) is 0 Å². The lowest BCUT2D eigenvalue weighted by Crippen LogP contribution is -2.14. The van der Waals surface area contributed by atoms with Crippen LogP contribution in [0.4, 0.5) is 11.4 Å². The SMILES string of the molecule is CC(C)CC(=O)Nc1ccc(NC(=O)c2cnn(Cc3ccccc3)c2)cc1. The molecule has 0 bridgehead atoms. The van der Waals surface area contributed by atoms with E-state index in [4.69, 9.17) is 0 Å². The molecule has 3 rings (SSSR count). The summed E-state index contributed by atoms with van der Waals surface area (Å²) in [7, 11) is 0. The summed E-state index contributed by atoms with van der Waals surface area (Å²) in [5.74, 6) is 0.0647. The zero-order valence-electron chi connectivity index (χ0n) is 16.1. The molecule has 6 nitrogen and oxygen atoms in total. The number of carbonyl (C=O) groups is 2. The van der Waals surface area contributed by atoms with Gasteiger partial charge in [-0.2, -0.15) is 5.10 Å². The summed E-state index contributed by atoms with van der Waals surface area (Å²) in [6, 6.07) is 17.0. The van der Waals surface area contributed by atoms with Crippen molar-refractivity contribution >= 4 is 23.2 Å². The van der Waals surface area contributed by atoms with E-state index in [1.165, 1.54) is 0 Å². The highest BCUT2D eigenvalue weighted by molar-refractivity contribution is 6.04. The maximum Gasteiger partial charge on any atom is 0.258 e. The maximum atomic E-state index is 12.4. The Bertz CT molecular complexity index is 931. The zero-order valence-corrected chi connectivity index (χ0v) is 16.1. The molecule has 1 aromatic heterocycles. The van der Waals surface area contributed by atoms with Gasteiger partial charge in [0.2, 0.25) is 5.91 Å². The zero-order chi connectivity index (χ0) is 19.9. The Labute approximate surface area is 164 Å². The number of hydrogen-bond donors (Lipinski definition) is 2. The van der Waals surface area contributed by atoms with Crippen LogP contribution in [0, 0.1) is 5.92 Å². The van der Waals surface area contributed by atoms with Crippen LogP contribution < -0.4 is 10.6 Å². The van der Waals surface area contributed by atoms with Gasteiger partial charge in [0.1, 0.15) is 0 Å². The predicted octanol–water partition coefficient (Wildman–Crippen LogP) is 4.17. The van der Waals surface area contributed by atoms with Crippen molar-refractivity contribution in [2.75, 3.05) is 10.6 Å². The van der Waals surface area contributed by atoms with Gasteiger partial charge in [-0.25, -0.2) is 0 Å². The molecule has 0 atom stereocenters. The summed E-state index contributed by atoms with van der Waals surface area (Å²) in [5, 5.41) is 9.94. The molecular formula is C22H24N4O2. The first-order chi connectivity index (χ1) is 13.5. The first-order valence-electron chi connectivity index (χ1n) is 9.27. The van der Waals surface area contributed by atoms with Crippen LogP contribution in [-0.4, -0.2) is 21.6 Å². The molecule has 0 unspecified atom stereocenters. The van der Waals surface area contributed by atoms with Crippen LogP contribution in [0.25, 0.3) is 0 Å². The Morgan fingerprint density at radius 3 is 2.25 bits per heavy atom. The first kappa shape index (κ1) is 19.4. The van der Waals surface area contributed by atoms with E-state index in [2.05, 4.69) is 15.7 Å². The number of anilines is 2. The number of hydrogen-bond acceptors (Lipinski definition) is 3. The topological polar surface area (TPSA) is 76.0 Å². The van der Waals surface area contributed by atoms with Crippen LogP contribution in [0.15, 0.2) is 67.0 Å². The van der Waals surface area contributed by atoms with E-state index in [-0.39, 0.29) is 11.8 Å². The summed E-state index contributed by atoms with van der Waals surface area (Å²) >= 11 is 0. The highest BCUT2D eigenvalue weighted by Crippen LogP contribution is 2.15. The van der Waals surface area contributed by atoms with Gasteiger partial charge in [-0.05, 0) is 35.7 Å². The summed E-state index contributed by atoms with van der Waals surface area (Å²) in [6.45, 7) is 4.61. The number of rotatable bonds is 7. The summed E-state index contributed by atoms with van der Waals surface area (Å²) in [4.78, 5) is 24.2. The number of nitrogens with one attached hydrogen (secondary N) is 2. The van der Waals surface area contributed by atoms with Crippen molar-refractivity contribution in [3.8, 4) is 0 Å². The Morgan fingerprint density at radius 1 is 0.964 bits per heavy atom. The predicted molar refractivity (Wildman–Crippen MR) is 110 cm³/mol. The smallest absolute Gasteiger partial charge is 0.258 e. The quantitative estimate of drug-likeness (QED) is 0.650. The standard InChI is InChI=1S/C22H24N4O2/c1-16(2)12-21(27)24-19-8-10-20(11-9-19)25-22(28)18-13-23-26(15-18)14-17-6-4-3-5-7-17/h3-11,13,15-16H,12,14H2,1-2H3,(H,24,27)(H,25,28). The van der Waals surface area contributed by atoms with Gasteiger partial charge in [0.25, 0.3) is 5.91 Å². The number of aromatic nitrogens is 2. The van der Waals surface area contributed by atoms with Crippen molar-refractivity contribution in [2.45, 2.75) is 26.8 Å². The third-order valence-corrected chi connectivity index (χ3v) is 4.10. The van der Waals surface area contributed by atoms with Gasteiger partial charge in [0, 0.05) is 24.0 Å². The second-order valence-corrected chi connectivity index (χ2v) is 7.09. The molecule has 2 N–H and O–H groups in total. The summed E-state index contributed by atoms with van der Waals surface area (Å²) in [6.07, 6.45) is 3.76. The van der Waals surface area contributed by atoms with Crippen molar-refractivity contribution in [3.05, 3.63) is 78.1 Å². The highest BCUT2D eigenvalue weighted by atomic mass is 16.2. The highest BCUT2D eigenvalue weighted by Gasteiger charge is 2.10. The lowest BCUT2D eigenvalue weighted by Gasteiger charge is -2.08. The number of nitrogens with zero attached hydrogens (tertiary/aromatic N) is 2. The van der Waals surface area contributed by atoms with Crippen LogP contribution in [0.5, 0.6) is 0 Å². The Kier molecular flexibility index (Phi) is 6.22. The summed E-state index contributed by atoms with van der Waals surface area (Å²) < 4.78 is 1.73. The molecule has 0 spiro atoms. The Hall–Kier alpha value is -3.41. The molecule has 0 saturated heterocycles. The molecular weight excluding hydrogens is 352 g/mol. The molecule has 2 amide bonds. The van der Waals surface area contributed by atoms with Gasteiger partial charge in [-0.3, -0.25) is 14.3 Å². The minimum Gasteiger partial charge on any atom is -0.326 e. The lowest BCUT2D eigenvalue weighted by atomic mass is 10.1. The molecule has 2 aromatic carbocycles. The average molecular weight is 376 g/mol. The van der Waals surface area contributed by atoms with Crippen LogP contribution in [-0.2, 0) is 11.3 Å². The largest absolute Gasteiger partial charge is 0.326 e. The van der Waals surface area contributed by atoms with Crippen molar-refractivity contribution < 1.29 is 9.59 Å². The van der Waals surface area contributed by atoms with E-state index < -0.39 is 0 Å². The third kappa shape index (κ3) is 5.54. The normalized spacial score (nSPS) is 10.7. The number of carbonyl (C=O) groups excluding carboxylic acids is 2. The van der Waals surface area contributed by atoms with E-state index in [9.17, 15) is 9.59 Å². The molecule has 0 saturated carbocycles. The average Bonchev–Trinajstić information content (AvgIpc) is 3.12. The fraction of sp³-hybridized carbons (Fsp3) is 0.227. The molecule has 0 fully saturated rings. The van der Waals surface area contributed by atoms with Gasteiger partial charge < -0.3 is 10.6 Å². The van der Waals surface area contributed by atoms with E-state index in [1.54, 1.807) is 41.3 Å². The molecule has 1 heterocycles. The monoisotopic (exact) mass is 376 g/mol. The minimum absolute atomic E-state index is 0.0161. The van der Waals surface area contributed by atoms with Gasteiger partial charge in [-0.1, -0.05) is 44.2 Å². The van der Waals surface area contributed by atoms with Gasteiger partial charge >= 0.3 is 0 Å². The van der Waals surface area contributed by atoms with Crippen LogP contribution in [0.1, 0.15) is 36.2 Å². The van der Waals surface area contributed by atoms with Crippen LogP contribution >= 0.6 is 0 Å². The molecule has 0 aliphatic rings. The maximum absolute atomic E-state index is 12.4. The summed E-state index contributed by atoms with van der Waals surface area (Å²) in [5.41, 5.74) is 2.97. The minimum atomic E-state index is -0.226. The molecule has 0 radical (unpaired) electrons. The first-order valence-corrected chi connectivity index (χ1v) is 9.27. The molecule has 28 heavy (non-hydrogen) atoms. The lowest BCUT2D eigenvalue weighted by molar-refractivity contribution is -0.116. The Balaban J connectivity index is 1.57. The van der Waals surface area contributed by atoms with E-state index in [1.807, 2.05) is 44.2 Å². The van der Waals surface area contributed by atoms with E-state index in [0.29, 0.717) is 35.8 Å². The van der Waals surface area contributed by atoms with Crippen molar-refractivity contribution in [1.29, 1.82) is 0 Å². The van der Waals surface area contributed by atoms with Gasteiger partial charge in [0.15, 0.2) is 0 Å². The molecule has 0 aliphatic carbocycles. The number of amides is 2. The Morgan fingerprint density at radius 2 is 1.61 bits per heavy atom. The molecule has 0 aliphatic heterocycles. The van der Waals surface area contributed by atoms with Crippen molar-refractivity contribution in [2.24, 2.45) is 5.92 Å². The molecule has 3 aromatic rings. The van der Waals surface area contributed by atoms with Gasteiger partial charge in [-0.15, -0.1) is 0 Å². The molecule has 144 valence electrons. The van der Waals surface area contributed by atoms with E-state index in [0.717, 1.165) is 5.56 Å². The van der Waals surface area contributed by atoms with Crippen molar-refractivity contribution in [1.82, 2.24) is 9.78 Å².